The fourth-order valence-corrected chi connectivity index (χ4v) is 5.97. The fraction of sp³-hybridized carbons (Fsp3) is 0.480. The van der Waals surface area contributed by atoms with Gasteiger partial charge in [0.25, 0.3) is 0 Å². The predicted octanol–water partition coefficient (Wildman–Crippen LogP) is 1.78. The summed E-state index contributed by atoms with van der Waals surface area (Å²) >= 11 is 0. The second kappa shape index (κ2) is 11.3. The highest BCUT2D eigenvalue weighted by atomic mass is 32.2. The standard InChI is InChI=1S/C25H34N4O4S/c1-27(20-22-10-11-25(30)26-22)19-21-6-5-7-23(18-21)33-17-16-28-12-14-29(15-13-28)34(31,32)24-8-3-2-4-9-24/h2-9,18,22H,10-17,19-20H2,1H3,(H,26,30)/t22-/m0/s1. The average molecular weight is 487 g/mol. The molecule has 9 heteroatoms. The number of hydrogen-bond donors (Lipinski definition) is 1. The fourth-order valence-electron chi connectivity index (χ4n) is 4.53. The number of amides is 1. The first-order chi connectivity index (χ1) is 16.4. The van der Waals surface area contributed by atoms with Crippen LogP contribution in [0.15, 0.2) is 59.5 Å². The summed E-state index contributed by atoms with van der Waals surface area (Å²) in [6, 6.07) is 17.0. The maximum atomic E-state index is 12.8. The minimum atomic E-state index is -3.42. The zero-order valence-corrected chi connectivity index (χ0v) is 20.5. The van der Waals surface area contributed by atoms with E-state index >= 15 is 0 Å². The summed E-state index contributed by atoms with van der Waals surface area (Å²) in [5.41, 5.74) is 1.17. The smallest absolute Gasteiger partial charge is 0.243 e. The number of carbonyl (C=O) groups is 1. The molecule has 34 heavy (non-hydrogen) atoms. The monoisotopic (exact) mass is 486 g/mol. The van der Waals surface area contributed by atoms with Crippen molar-refractivity contribution in [3.8, 4) is 5.75 Å². The number of nitrogens with zero attached hydrogens (tertiary/aromatic N) is 3. The van der Waals surface area contributed by atoms with Crippen molar-refractivity contribution in [2.45, 2.75) is 30.3 Å². The van der Waals surface area contributed by atoms with Crippen LogP contribution in [-0.4, -0.2) is 87.4 Å². The van der Waals surface area contributed by atoms with Crippen molar-refractivity contribution in [3.63, 3.8) is 0 Å². The van der Waals surface area contributed by atoms with Gasteiger partial charge < -0.3 is 15.0 Å². The van der Waals surface area contributed by atoms with Crippen molar-refractivity contribution < 1.29 is 17.9 Å². The molecule has 2 aromatic carbocycles. The van der Waals surface area contributed by atoms with Gasteiger partial charge in [-0.2, -0.15) is 4.31 Å². The van der Waals surface area contributed by atoms with E-state index in [9.17, 15) is 13.2 Å². The first kappa shape index (κ1) is 24.7. The molecule has 0 spiro atoms. The zero-order valence-electron chi connectivity index (χ0n) is 19.7. The molecule has 0 radical (unpaired) electrons. The third kappa shape index (κ3) is 6.56. The van der Waals surface area contributed by atoms with Gasteiger partial charge in [0.15, 0.2) is 0 Å². The Morgan fingerprint density at radius 2 is 1.82 bits per heavy atom. The molecule has 1 atom stereocenters. The number of likely N-dealkylation sites (N-methyl/N-ethyl adjacent to an activating group) is 1. The van der Waals surface area contributed by atoms with Crippen LogP contribution in [0.4, 0.5) is 0 Å². The average Bonchev–Trinajstić information content (AvgIpc) is 3.24. The van der Waals surface area contributed by atoms with Gasteiger partial charge in [0, 0.05) is 58.3 Å². The summed E-state index contributed by atoms with van der Waals surface area (Å²) < 4.78 is 33.1. The van der Waals surface area contributed by atoms with Gasteiger partial charge in [-0.3, -0.25) is 9.69 Å². The van der Waals surface area contributed by atoms with Crippen LogP contribution >= 0.6 is 0 Å². The van der Waals surface area contributed by atoms with Crippen LogP contribution in [0.1, 0.15) is 18.4 Å². The van der Waals surface area contributed by atoms with E-state index in [4.69, 9.17) is 4.74 Å². The van der Waals surface area contributed by atoms with E-state index in [2.05, 4.69) is 34.3 Å². The Balaban J connectivity index is 1.19. The Morgan fingerprint density at radius 1 is 1.06 bits per heavy atom. The normalized spacial score (nSPS) is 19.9. The lowest BCUT2D eigenvalue weighted by Gasteiger charge is -2.33. The number of ether oxygens (including phenoxy) is 1. The molecule has 2 aromatic rings. The largest absolute Gasteiger partial charge is 0.492 e. The molecule has 2 aliphatic rings. The van der Waals surface area contributed by atoms with Crippen LogP contribution in [0.2, 0.25) is 0 Å². The molecule has 0 saturated carbocycles. The first-order valence-electron chi connectivity index (χ1n) is 11.9. The van der Waals surface area contributed by atoms with E-state index in [0.29, 0.717) is 44.1 Å². The Labute approximate surface area is 202 Å². The van der Waals surface area contributed by atoms with E-state index in [0.717, 1.165) is 31.8 Å². The maximum Gasteiger partial charge on any atom is 0.243 e. The first-order valence-corrected chi connectivity index (χ1v) is 13.3. The van der Waals surface area contributed by atoms with Crippen molar-refractivity contribution in [1.82, 2.24) is 19.4 Å². The van der Waals surface area contributed by atoms with Gasteiger partial charge in [0.05, 0.1) is 4.90 Å². The van der Waals surface area contributed by atoms with Crippen LogP contribution in [0.5, 0.6) is 5.75 Å². The van der Waals surface area contributed by atoms with Gasteiger partial charge in [0.2, 0.25) is 15.9 Å². The van der Waals surface area contributed by atoms with Gasteiger partial charge in [-0.05, 0) is 43.3 Å². The Kier molecular flexibility index (Phi) is 8.20. The van der Waals surface area contributed by atoms with Crippen LogP contribution in [-0.2, 0) is 21.4 Å². The molecule has 8 nitrogen and oxygen atoms in total. The number of piperazine rings is 1. The number of sulfonamides is 1. The highest BCUT2D eigenvalue weighted by molar-refractivity contribution is 7.89. The summed E-state index contributed by atoms with van der Waals surface area (Å²) in [7, 11) is -1.36. The molecule has 0 aromatic heterocycles. The van der Waals surface area contributed by atoms with E-state index in [1.54, 1.807) is 28.6 Å². The predicted molar refractivity (Wildman–Crippen MR) is 131 cm³/mol. The Bertz CT molecular complexity index is 1060. The van der Waals surface area contributed by atoms with Crippen molar-refractivity contribution in [3.05, 3.63) is 60.2 Å². The van der Waals surface area contributed by atoms with Crippen molar-refractivity contribution >= 4 is 15.9 Å². The molecule has 2 saturated heterocycles. The minimum Gasteiger partial charge on any atom is -0.492 e. The summed E-state index contributed by atoms with van der Waals surface area (Å²) in [5.74, 6) is 0.985. The lowest BCUT2D eigenvalue weighted by atomic mass is 10.1. The Morgan fingerprint density at radius 3 is 2.53 bits per heavy atom. The topological polar surface area (TPSA) is 82.2 Å². The highest BCUT2D eigenvalue weighted by Gasteiger charge is 2.28. The molecule has 0 unspecified atom stereocenters. The van der Waals surface area contributed by atoms with Crippen LogP contribution < -0.4 is 10.1 Å². The summed E-state index contributed by atoms with van der Waals surface area (Å²) in [6.07, 6.45) is 1.53. The molecule has 4 rings (SSSR count). The molecule has 2 fully saturated rings. The lowest BCUT2D eigenvalue weighted by Crippen LogP contribution is -2.49. The molecule has 184 valence electrons. The molecule has 0 bridgehead atoms. The number of nitrogens with one attached hydrogen (secondary N) is 1. The Hall–Kier alpha value is -2.46. The number of benzene rings is 2. The molecule has 1 N–H and O–H groups in total. The van der Waals surface area contributed by atoms with Gasteiger partial charge in [-0.1, -0.05) is 30.3 Å². The van der Waals surface area contributed by atoms with E-state index < -0.39 is 10.0 Å². The summed E-state index contributed by atoms with van der Waals surface area (Å²) in [4.78, 5) is 16.2. The van der Waals surface area contributed by atoms with Crippen LogP contribution in [0.3, 0.4) is 0 Å². The SMILES string of the molecule is CN(Cc1cccc(OCCN2CCN(S(=O)(=O)c3ccccc3)CC2)c1)C[C@@H]1CCC(=O)N1. The quantitative estimate of drug-likeness (QED) is 0.551. The van der Waals surface area contributed by atoms with Crippen molar-refractivity contribution in [1.29, 1.82) is 0 Å². The van der Waals surface area contributed by atoms with Crippen LogP contribution in [0.25, 0.3) is 0 Å². The third-order valence-corrected chi connectivity index (χ3v) is 8.27. The van der Waals surface area contributed by atoms with E-state index in [1.807, 2.05) is 18.2 Å². The van der Waals surface area contributed by atoms with E-state index in [-0.39, 0.29) is 11.9 Å². The maximum absolute atomic E-state index is 12.8. The summed E-state index contributed by atoms with van der Waals surface area (Å²) in [5, 5.41) is 3.01. The molecular formula is C25H34N4O4S. The highest BCUT2D eigenvalue weighted by Crippen LogP contribution is 2.18. The van der Waals surface area contributed by atoms with Crippen LogP contribution in [0, 0.1) is 0 Å². The molecule has 2 aliphatic heterocycles. The lowest BCUT2D eigenvalue weighted by molar-refractivity contribution is -0.119. The molecule has 0 aliphatic carbocycles. The van der Waals surface area contributed by atoms with Gasteiger partial charge in [0.1, 0.15) is 12.4 Å². The summed E-state index contributed by atoms with van der Waals surface area (Å²) in [6.45, 7) is 5.30. The van der Waals surface area contributed by atoms with Crippen molar-refractivity contribution in [2.75, 3.05) is 52.9 Å². The number of rotatable bonds is 10. The zero-order chi connectivity index (χ0) is 24.0. The third-order valence-electron chi connectivity index (χ3n) is 6.36. The number of hydrogen-bond acceptors (Lipinski definition) is 6. The number of carbonyl (C=O) groups excluding carboxylic acids is 1. The van der Waals surface area contributed by atoms with Gasteiger partial charge in [-0.25, -0.2) is 8.42 Å². The molecule has 1 amide bonds. The molecule has 2 heterocycles. The minimum absolute atomic E-state index is 0.146. The van der Waals surface area contributed by atoms with Crippen molar-refractivity contribution in [2.24, 2.45) is 0 Å². The second-order valence-corrected chi connectivity index (χ2v) is 11.0. The second-order valence-electron chi connectivity index (χ2n) is 9.05. The van der Waals surface area contributed by atoms with Gasteiger partial charge >= 0.3 is 0 Å². The van der Waals surface area contributed by atoms with E-state index in [1.165, 1.54) is 5.56 Å². The van der Waals surface area contributed by atoms with Gasteiger partial charge in [-0.15, -0.1) is 0 Å². The molecular weight excluding hydrogens is 452 g/mol.